The molecule has 0 fully saturated rings. The van der Waals surface area contributed by atoms with Gasteiger partial charge in [-0.2, -0.15) is 4.98 Å². The largest absolute Gasteiger partial charge is 0.328 e. The molecule has 0 bridgehead atoms. The van der Waals surface area contributed by atoms with E-state index in [-0.39, 0.29) is 17.3 Å². The summed E-state index contributed by atoms with van der Waals surface area (Å²) in [5.74, 6) is 4.78. The maximum absolute atomic E-state index is 12.0. The Bertz CT molecular complexity index is 668. The number of nitrogens with one attached hydrogen (secondary N) is 2. The van der Waals surface area contributed by atoms with Gasteiger partial charge < -0.3 is 9.95 Å². The van der Waals surface area contributed by atoms with E-state index in [1.165, 1.54) is 18.2 Å². The molecule has 0 spiro atoms. The van der Waals surface area contributed by atoms with Gasteiger partial charge in [0.2, 0.25) is 0 Å². The molecule has 0 saturated carbocycles. The van der Waals surface area contributed by atoms with Crippen LogP contribution in [0.25, 0.3) is 0 Å². The first kappa shape index (κ1) is 13.4. The third kappa shape index (κ3) is 2.70. The molecule has 0 aliphatic heterocycles. The number of carbonyl (C=O) groups excluding carboxylic acids is 1. The number of benzene rings is 1. The average Bonchev–Trinajstić information content (AvgIpc) is 2.83. The van der Waals surface area contributed by atoms with Gasteiger partial charge in [-0.15, -0.1) is 0 Å². The lowest BCUT2D eigenvalue weighted by molar-refractivity contribution is -0.385. The Morgan fingerprint density at radius 1 is 1.50 bits per heavy atom. The van der Waals surface area contributed by atoms with E-state index >= 15 is 0 Å². The molecule has 1 heterocycles. The Morgan fingerprint density at radius 2 is 2.25 bits per heavy atom. The fourth-order valence-corrected chi connectivity index (χ4v) is 1.48. The van der Waals surface area contributed by atoms with Gasteiger partial charge in [-0.25, -0.2) is 0 Å². The third-order valence-corrected chi connectivity index (χ3v) is 2.35. The number of rotatable bonds is 4. The molecule has 1 aromatic carbocycles. The molecule has 10 nitrogen and oxygen atoms in total. The van der Waals surface area contributed by atoms with E-state index in [0.29, 0.717) is 11.5 Å². The summed E-state index contributed by atoms with van der Waals surface area (Å²) in [6.45, 7) is 1.57. The molecule has 1 aromatic heterocycles. The molecule has 104 valence electrons. The first-order valence-electron chi connectivity index (χ1n) is 5.38. The molecule has 1 amide bonds. The summed E-state index contributed by atoms with van der Waals surface area (Å²) in [4.78, 5) is 26.0. The number of hydrogen-bond acceptors (Lipinski definition) is 8. The molecule has 0 atom stereocenters. The summed E-state index contributed by atoms with van der Waals surface area (Å²) < 4.78 is 4.71. The summed E-state index contributed by atoms with van der Waals surface area (Å²) in [7, 11) is 0. The number of nitrogens with two attached hydrogens (primary N) is 1. The maximum atomic E-state index is 12.0. The molecule has 20 heavy (non-hydrogen) atoms. The van der Waals surface area contributed by atoms with Gasteiger partial charge in [-0.3, -0.25) is 26.1 Å². The van der Waals surface area contributed by atoms with Crippen LogP contribution < -0.4 is 16.6 Å². The molecule has 2 rings (SSSR count). The highest BCUT2D eigenvalue weighted by Gasteiger charge is 2.22. The molecule has 0 unspecified atom stereocenters. The predicted octanol–water partition coefficient (Wildman–Crippen LogP) is 0.824. The molecule has 10 heteroatoms. The normalized spacial score (nSPS) is 10.1. The van der Waals surface area contributed by atoms with Gasteiger partial charge in [0.05, 0.1) is 4.92 Å². The fourth-order valence-electron chi connectivity index (χ4n) is 1.48. The number of nitrogen functional groups attached to an aromatic ring is 1. The highest BCUT2D eigenvalue weighted by atomic mass is 16.6. The maximum Gasteiger partial charge on any atom is 0.328 e. The van der Waals surface area contributed by atoms with Crippen LogP contribution in [0.15, 0.2) is 22.7 Å². The minimum Gasteiger partial charge on any atom is -0.324 e. The third-order valence-electron chi connectivity index (χ3n) is 2.35. The smallest absolute Gasteiger partial charge is 0.324 e. The number of carbonyl (C=O) groups is 1. The van der Waals surface area contributed by atoms with Crippen LogP contribution in [0.5, 0.6) is 0 Å². The van der Waals surface area contributed by atoms with Crippen molar-refractivity contribution in [2.24, 2.45) is 5.84 Å². The van der Waals surface area contributed by atoms with Crippen LogP contribution in [-0.2, 0) is 0 Å². The predicted molar refractivity (Wildman–Crippen MR) is 67.9 cm³/mol. The van der Waals surface area contributed by atoms with E-state index in [0.717, 1.165) is 0 Å². The number of anilines is 2. The average molecular weight is 278 g/mol. The van der Waals surface area contributed by atoms with Crippen LogP contribution in [0.2, 0.25) is 0 Å². The fraction of sp³-hybridized carbons (Fsp3) is 0.100. The van der Waals surface area contributed by atoms with Crippen molar-refractivity contribution in [1.29, 1.82) is 0 Å². The molecule has 2 aromatic rings. The minimum absolute atomic E-state index is 0.145. The van der Waals surface area contributed by atoms with E-state index < -0.39 is 10.8 Å². The monoisotopic (exact) mass is 278 g/mol. The number of amides is 1. The van der Waals surface area contributed by atoms with Crippen LogP contribution in [0.4, 0.5) is 17.4 Å². The van der Waals surface area contributed by atoms with Crippen LogP contribution in [0.1, 0.15) is 16.2 Å². The quantitative estimate of drug-likeness (QED) is 0.422. The van der Waals surface area contributed by atoms with Gasteiger partial charge >= 0.3 is 6.01 Å². The van der Waals surface area contributed by atoms with Crippen LogP contribution in [-0.4, -0.2) is 21.0 Å². The van der Waals surface area contributed by atoms with Crippen molar-refractivity contribution in [2.75, 3.05) is 10.7 Å². The Balaban J connectivity index is 2.34. The highest BCUT2D eigenvalue weighted by molar-refractivity contribution is 6.06. The zero-order chi connectivity index (χ0) is 14.7. The molecule has 0 radical (unpaired) electrons. The summed E-state index contributed by atoms with van der Waals surface area (Å²) in [5, 5.41) is 16.7. The number of hydrazine groups is 1. The number of aromatic nitrogens is 2. The molecule has 0 aliphatic rings. The van der Waals surface area contributed by atoms with Crippen molar-refractivity contribution < 1.29 is 14.2 Å². The topological polar surface area (TPSA) is 149 Å². The first-order valence-corrected chi connectivity index (χ1v) is 5.38. The molecule has 4 N–H and O–H groups in total. The summed E-state index contributed by atoms with van der Waals surface area (Å²) >= 11 is 0. The number of hydrogen-bond donors (Lipinski definition) is 3. The van der Waals surface area contributed by atoms with Crippen LogP contribution in [0, 0.1) is 17.0 Å². The van der Waals surface area contributed by atoms with Crippen molar-refractivity contribution in [3.8, 4) is 0 Å². The summed E-state index contributed by atoms with van der Waals surface area (Å²) in [6.07, 6.45) is 0. The van der Waals surface area contributed by atoms with Gasteiger partial charge in [0.1, 0.15) is 5.56 Å². The Morgan fingerprint density at radius 3 is 2.80 bits per heavy atom. The van der Waals surface area contributed by atoms with Gasteiger partial charge in [-0.1, -0.05) is 5.16 Å². The zero-order valence-corrected chi connectivity index (χ0v) is 10.3. The lowest BCUT2D eigenvalue weighted by Crippen LogP contribution is -2.15. The first-order chi connectivity index (χ1) is 9.51. The Kier molecular flexibility index (Phi) is 3.57. The Labute approximate surface area is 112 Å². The van der Waals surface area contributed by atoms with Crippen molar-refractivity contribution in [3.05, 3.63) is 39.7 Å². The van der Waals surface area contributed by atoms with E-state index in [2.05, 4.69) is 20.9 Å². The van der Waals surface area contributed by atoms with E-state index in [1.54, 1.807) is 6.92 Å². The Hall–Kier alpha value is -3.01. The number of aryl methyl sites for hydroxylation is 1. The van der Waals surface area contributed by atoms with Crippen LogP contribution >= 0.6 is 0 Å². The minimum atomic E-state index is -0.752. The molecular weight excluding hydrogens is 268 g/mol. The molecule has 0 aliphatic carbocycles. The summed E-state index contributed by atoms with van der Waals surface area (Å²) in [6, 6.07) is 3.65. The number of nitro groups is 1. The standard InChI is InChI=1S/C10H10N6O4/c1-5-12-10(20-15-5)13-9(17)7-4-6(14-11)2-3-8(7)16(18)19/h2-4,14H,11H2,1H3,(H,12,13,15,17). The van der Waals surface area contributed by atoms with Crippen molar-refractivity contribution in [3.63, 3.8) is 0 Å². The van der Waals surface area contributed by atoms with Gasteiger partial charge in [0.15, 0.2) is 5.82 Å². The van der Waals surface area contributed by atoms with Crippen molar-refractivity contribution in [1.82, 2.24) is 10.1 Å². The van der Waals surface area contributed by atoms with E-state index in [4.69, 9.17) is 10.4 Å². The van der Waals surface area contributed by atoms with Crippen LogP contribution in [0.3, 0.4) is 0 Å². The number of nitro benzene ring substituents is 1. The molecule has 0 saturated heterocycles. The second kappa shape index (κ2) is 5.32. The van der Waals surface area contributed by atoms with E-state index in [9.17, 15) is 14.9 Å². The lowest BCUT2D eigenvalue weighted by Gasteiger charge is -2.05. The van der Waals surface area contributed by atoms with Crippen molar-refractivity contribution >= 4 is 23.3 Å². The second-order valence-corrected chi connectivity index (χ2v) is 3.73. The lowest BCUT2D eigenvalue weighted by atomic mass is 10.1. The van der Waals surface area contributed by atoms with Gasteiger partial charge in [-0.05, 0) is 19.1 Å². The van der Waals surface area contributed by atoms with E-state index in [1.807, 2.05) is 0 Å². The summed E-state index contributed by atoms with van der Waals surface area (Å²) in [5.41, 5.74) is 2.11. The second-order valence-electron chi connectivity index (χ2n) is 3.73. The molecular formula is C10H10N6O4. The SMILES string of the molecule is Cc1noc(NC(=O)c2cc(NN)ccc2[N+](=O)[O-])n1. The zero-order valence-electron chi connectivity index (χ0n) is 10.3. The number of nitrogens with zero attached hydrogens (tertiary/aromatic N) is 3. The van der Waals surface area contributed by atoms with Gasteiger partial charge in [0.25, 0.3) is 11.6 Å². The van der Waals surface area contributed by atoms with Gasteiger partial charge in [0, 0.05) is 11.8 Å². The van der Waals surface area contributed by atoms with Crippen molar-refractivity contribution in [2.45, 2.75) is 6.92 Å². The highest BCUT2D eigenvalue weighted by Crippen LogP contribution is 2.23.